The van der Waals surface area contributed by atoms with Crippen molar-refractivity contribution in [3.8, 4) is 16.2 Å². The van der Waals surface area contributed by atoms with Crippen LogP contribution < -0.4 is 15.4 Å². The van der Waals surface area contributed by atoms with Gasteiger partial charge in [-0.25, -0.2) is 9.69 Å². The van der Waals surface area contributed by atoms with Crippen LogP contribution in [0.25, 0.3) is 16.5 Å². The minimum Gasteiger partial charge on any atom is -0.497 e. The Balaban J connectivity index is 1.44. The van der Waals surface area contributed by atoms with E-state index >= 15 is 0 Å². The second-order valence-corrected chi connectivity index (χ2v) is 8.34. The van der Waals surface area contributed by atoms with Crippen molar-refractivity contribution in [1.29, 1.82) is 0 Å². The SMILES string of the molecule is COc1ccc(-c2ccc(/C=C3\NC(=O)N(CC(=O)Nc4cccc(C)c4)C3=O)s2)cc1. The molecule has 1 fully saturated rings. The first kappa shape index (κ1) is 21.3. The summed E-state index contributed by atoms with van der Waals surface area (Å²) < 4.78 is 5.18. The van der Waals surface area contributed by atoms with Crippen molar-refractivity contribution in [3.63, 3.8) is 0 Å². The highest BCUT2D eigenvalue weighted by molar-refractivity contribution is 7.16. The Morgan fingerprint density at radius 3 is 2.62 bits per heavy atom. The normalized spacial score (nSPS) is 14.6. The zero-order valence-corrected chi connectivity index (χ0v) is 18.4. The van der Waals surface area contributed by atoms with Crippen LogP contribution in [-0.2, 0) is 9.59 Å². The van der Waals surface area contributed by atoms with Gasteiger partial charge in [-0.3, -0.25) is 9.59 Å². The third kappa shape index (κ3) is 4.70. The summed E-state index contributed by atoms with van der Waals surface area (Å²) in [4.78, 5) is 40.0. The molecule has 1 aromatic heterocycles. The van der Waals surface area contributed by atoms with Gasteiger partial charge in [-0.2, -0.15) is 0 Å². The molecule has 3 aromatic rings. The monoisotopic (exact) mass is 447 g/mol. The van der Waals surface area contributed by atoms with Crippen molar-refractivity contribution in [2.45, 2.75) is 6.92 Å². The molecule has 0 radical (unpaired) electrons. The number of benzene rings is 2. The van der Waals surface area contributed by atoms with Crippen molar-refractivity contribution >= 4 is 40.9 Å². The molecule has 0 spiro atoms. The Kier molecular flexibility index (Phi) is 6.04. The number of carbonyl (C=O) groups is 3. The smallest absolute Gasteiger partial charge is 0.329 e. The maximum Gasteiger partial charge on any atom is 0.329 e. The predicted octanol–water partition coefficient (Wildman–Crippen LogP) is 4.26. The van der Waals surface area contributed by atoms with Crippen LogP contribution in [0.2, 0.25) is 0 Å². The molecule has 2 N–H and O–H groups in total. The first-order valence-corrected chi connectivity index (χ1v) is 10.7. The minimum atomic E-state index is -0.618. The van der Waals surface area contributed by atoms with E-state index in [0.717, 1.165) is 31.5 Å². The van der Waals surface area contributed by atoms with E-state index in [-0.39, 0.29) is 12.2 Å². The lowest BCUT2D eigenvalue weighted by atomic mass is 10.2. The summed E-state index contributed by atoms with van der Waals surface area (Å²) in [6.45, 7) is 1.55. The number of thiophene rings is 1. The van der Waals surface area contributed by atoms with Gasteiger partial charge in [-0.1, -0.05) is 12.1 Å². The maximum absolute atomic E-state index is 12.7. The Hall–Kier alpha value is -3.91. The van der Waals surface area contributed by atoms with E-state index in [1.54, 1.807) is 19.3 Å². The van der Waals surface area contributed by atoms with Crippen LogP contribution in [0.1, 0.15) is 10.4 Å². The largest absolute Gasteiger partial charge is 0.497 e. The Morgan fingerprint density at radius 2 is 1.91 bits per heavy atom. The number of methoxy groups -OCH3 is 1. The number of hydrogen-bond donors (Lipinski definition) is 2. The van der Waals surface area contributed by atoms with Crippen LogP contribution in [0.3, 0.4) is 0 Å². The first-order valence-electron chi connectivity index (χ1n) is 9.88. The third-order valence-electron chi connectivity index (χ3n) is 4.85. The highest BCUT2D eigenvalue weighted by Gasteiger charge is 2.35. The molecular formula is C24H21N3O4S. The second-order valence-electron chi connectivity index (χ2n) is 7.23. The zero-order chi connectivity index (χ0) is 22.7. The third-order valence-corrected chi connectivity index (χ3v) is 5.94. The van der Waals surface area contributed by atoms with Crippen molar-refractivity contribution in [2.75, 3.05) is 19.0 Å². The average Bonchev–Trinajstić information content (AvgIpc) is 3.34. The first-order chi connectivity index (χ1) is 15.4. The van der Waals surface area contributed by atoms with Gasteiger partial charge in [0.05, 0.1) is 7.11 Å². The van der Waals surface area contributed by atoms with Crippen molar-refractivity contribution in [2.24, 2.45) is 0 Å². The molecule has 1 aliphatic rings. The molecule has 0 unspecified atom stereocenters. The lowest BCUT2D eigenvalue weighted by Gasteiger charge is -2.12. The number of amides is 4. The summed E-state index contributed by atoms with van der Waals surface area (Å²) in [5, 5.41) is 5.26. The fraction of sp³-hybridized carbons (Fsp3) is 0.125. The highest BCUT2D eigenvalue weighted by atomic mass is 32.1. The standard InChI is InChI=1S/C24H21N3O4S/c1-15-4-3-5-17(12-15)25-22(28)14-27-23(29)20(26-24(27)30)13-19-10-11-21(32-19)16-6-8-18(31-2)9-7-16/h3-13H,14H2,1-2H3,(H,25,28)(H,26,30)/b20-13-. The molecule has 1 aliphatic heterocycles. The molecule has 4 rings (SSSR count). The number of carbonyl (C=O) groups excluding carboxylic acids is 3. The summed E-state index contributed by atoms with van der Waals surface area (Å²) in [5.74, 6) is -0.203. The quantitative estimate of drug-likeness (QED) is 0.437. The Morgan fingerprint density at radius 1 is 1.12 bits per heavy atom. The molecule has 2 heterocycles. The van der Waals surface area contributed by atoms with Crippen LogP contribution in [0, 0.1) is 6.92 Å². The fourth-order valence-electron chi connectivity index (χ4n) is 3.27. The van der Waals surface area contributed by atoms with E-state index in [0.29, 0.717) is 5.69 Å². The van der Waals surface area contributed by atoms with Gasteiger partial charge in [0.15, 0.2) is 0 Å². The number of aryl methyl sites for hydroxylation is 1. The Bertz CT molecular complexity index is 1210. The molecule has 1 saturated heterocycles. The van der Waals surface area contributed by atoms with Crippen molar-refractivity contribution in [3.05, 3.63) is 76.8 Å². The van der Waals surface area contributed by atoms with Gasteiger partial charge in [0.1, 0.15) is 18.0 Å². The number of urea groups is 1. The van der Waals surface area contributed by atoms with Gasteiger partial charge in [0.2, 0.25) is 5.91 Å². The molecule has 0 saturated carbocycles. The average molecular weight is 448 g/mol. The summed E-state index contributed by atoms with van der Waals surface area (Å²) in [5.41, 5.74) is 2.77. The van der Waals surface area contributed by atoms with Crippen LogP contribution >= 0.6 is 11.3 Å². The van der Waals surface area contributed by atoms with E-state index in [9.17, 15) is 14.4 Å². The minimum absolute atomic E-state index is 0.140. The summed E-state index contributed by atoms with van der Waals surface area (Å²) >= 11 is 1.49. The van der Waals surface area contributed by atoms with Gasteiger partial charge in [0, 0.05) is 15.4 Å². The number of ether oxygens (including phenoxy) is 1. The van der Waals surface area contributed by atoms with Crippen LogP contribution in [-0.4, -0.2) is 36.4 Å². The molecule has 0 atom stereocenters. The molecular weight excluding hydrogens is 426 g/mol. The number of nitrogens with one attached hydrogen (secondary N) is 2. The van der Waals surface area contributed by atoms with E-state index in [1.807, 2.05) is 61.5 Å². The highest BCUT2D eigenvalue weighted by Crippen LogP contribution is 2.31. The molecule has 0 aliphatic carbocycles. The van der Waals surface area contributed by atoms with Gasteiger partial charge in [-0.05, 0) is 72.7 Å². The molecule has 32 heavy (non-hydrogen) atoms. The van der Waals surface area contributed by atoms with Gasteiger partial charge in [-0.15, -0.1) is 11.3 Å². The summed E-state index contributed by atoms with van der Waals surface area (Å²) in [6.07, 6.45) is 1.62. The van der Waals surface area contributed by atoms with Crippen molar-refractivity contribution < 1.29 is 19.1 Å². The number of hydrogen-bond acceptors (Lipinski definition) is 5. The molecule has 7 nitrogen and oxygen atoms in total. The zero-order valence-electron chi connectivity index (χ0n) is 17.5. The van der Waals surface area contributed by atoms with Gasteiger partial charge >= 0.3 is 6.03 Å². The van der Waals surface area contributed by atoms with E-state index in [2.05, 4.69) is 10.6 Å². The Labute approximate surface area is 189 Å². The molecule has 2 aromatic carbocycles. The topological polar surface area (TPSA) is 87.7 Å². The molecule has 4 amide bonds. The summed E-state index contributed by atoms with van der Waals surface area (Å²) in [7, 11) is 1.62. The summed E-state index contributed by atoms with van der Waals surface area (Å²) in [6, 6.07) is 18.2. The molecule has 162 valence electrons. The molecule has 8 heteroatoms. The number of rotatable bonds is 6. The van der Waals surface area contributed by atoms with Crippen LogP contribution in [0.15, 0.2) is 66.4 Å². The van der Waals surface area contributed by atoms with Gasteiger partial charge < -0.3 is 15.4 Å². The van der Waals surface area contributed by atoms with Crippen LogP contribution in [0.5, 0.6) is 5.75 Å². The number of imide groups is 1. The van der Waals surface area contributed by atoms with Crippen LogP contribution in [0.4, 0.5) is 10.5 Å². The number of nitrogens with zero attached hydrogens (tertiary/aromatic N) is 1. The van der Waals surface area contributed by atoms with Gasteiger partial charge in [0.25, 0.3) is 5.91 Å². The lowest BCUT2D eigenvalue weighted by molar-refractivity contribution is -0.127. The molecule has 0 bridgehead atoms. The predicted molar refractivity (Wildman–Crippen MR) is 124 cm³/mol. The van der Waals surface area contributed by atoms with Crippen molar-refractivity contribution in [1.82, 2.24) is 10.2 Å². The maximum atomic E-state index is 12.7. The fourth-order valence-corrected chi connectivity index (χ4v) is 4.22. The van der Waals surface area contributed by atoms with E-state index in [1.165, 1.54) is 11.3 Å². The number of anilines is 1. The van der Waals surface area contributed by atoms with E-state index < -0.39 is 17.8 Å². The second kappa shape index (κ2) is 9.07. The lowest BCUT2D eigenvalue weighted by Crippen LogP contribution is -2.38. The van der Waals surface area contributed by atoms with E-state index in [4.69, 9.17) is 4.74 Å².